The number of hydrogen-bond donors (Lipinski definition) is 1. The molecule has 0 unspecified atom stereocenters. The molecule has 0 bridgehead atoms. The van der Waals surface area contributed by atoms with E-state index in [1.54, 1.807) is 7.11 Å². The van der Waals surface area contributed by atoms with E-state index in [-0.39, 0.29) is 0 Å². The third-order valence-electron chi connectivity index (χ3n) is 2.83. The average molecular weight is 203 g/mol. The van der Waals surface area contributed by atoms with Crippen molar-refractivity contribution in [2.45, 2.75) is 20.3 Å². The first kappa shape index (κ1) is 10.2. The minimum Gasteiger partial charge on any atom is -0.384 e. The molecule has 2 aromatic rings. The van der Waals surface area contributed by atoms with Crippen molar-refractivity contribution in [2.24, 2.45) is 0 Å². The van der Waals surface area contributed by atoms with Crippen molar-refractivity contribution in [3.05, 3.63) is 35.0 Å². The Hall–Kier alpha value is -1.28. The quantitative estimate of drug-likeness (QED) is 0.815. The molecule has 1 aromatic carbocycles. The number of ether oxygens (including phenoxy) is 1. The zero-order valence-electron chi connectivity index (χ0n) is 9.55. The third kappa shape index (κ3) is 1.90. The molecule has 0 aliphatic carbocycles. The van der Waals surface area contributed by atoms with Gasteiger partial charge in [-0.1, -0.05) is 11.6 Å². The van der Waals surface area contributed by atoms with Crippen molar-refractivity contribution in [2.75, 3.05) is 13.7 Å². The third-order valence-corrected chi connectivity index (χ3v) is 2.83. The first-order chi connectivity index (χ1) is 7.22. The van der Waals surface area contributed by atoms with Gasteiger partial charge in [0.1, 0.15) is 0 Å². The highest BCUT2D eigenvalue weighted by Gasteiger charge is 2.07. The monoisotopic (exact) mass is 203 g/mol. The summed E-state index contributed by atoms with van der Waals surface area (Å²) < 4.78 is 5.14. The van der Waals surface area contributed by atoms with Gasteiger partial charge in [0.2, 0.25) is 0 Å². The summed E-state index contributed by atoms with van der Waals surface area (Å²) in [4.78, 5) is 3.41. The number of H-pyrrole nitrogens is 1. The molecule has 0 atom stereocenters. The van der Waals surface area contributed by atoms with Gasteiger partial charge in [-0.3, -0.25) is 0 Å². The van der Waals surface area contributed by atoms with Gasteiger partial charge in [-0.25, -0.2) is 0 Å². The summed E-state index contributed by atoms with van der Waals surface area (Å²) in [5.74, 6) is 0. The number of aromatic amines is 1. The maximum atomic E-state index is 5.14. The molecule has 0 aliphatic heterocycles. The van der Waals surface area contributed by atoms with E-state index in [1.165, 1.54) is 27.7 Å². The Bertz CT molecular complexity index is 471. The van der Waals surface area contributed by atoms with Crippen LogP contribution in [0.5, 0.6) is 0 Å². The van der Waals surface area contributed by atoms with E-state index in [2.05, 4.69) is 37.0 Å². The SMILES string of the molecule is COCCc1c(C)[nH]c2ccc(C)cc12. The van der Waals surface area contributed by atoms with E-state index < -0.39 is 0 Å². The molecule has 0 aliphatic rings. The number of fused-ring (bicyclic) bond motifs is 1. The lowest BCUT2D eigenvalue weighted by Gasteiger charge is -2.00. The van der Waals surface area contributed by atoms with E-state index in [1.807, 2.05) is 0 Å². The molecule has 15 heavy (non-hydrogen) atoms. The highest BCUT2D eigenvalue weighted by Crippen LogP contribution is 2.23. The predicted octanol–water partition coefficient (Wildman–Crippen LogP) is 2.97. The molecule has 0 fully saturated rings. The fraction of sp³-hybridized carbons (Fsp3) is 0.385. The van der Waals surface area contributed by atoms with Gasteiger partial charge in [0.15, 0.2) is 0 Å². The van der Waals surface area contributed by atoms with E-state index in [0.717, 1.165) is 13.0 Å². The molecule has 0 amide bonds. The van der Waals surface area contributed by atoms with Crippen molar-refractivity contribution in [3.8, 4) is 0 Å². The number of methoxy groups -OCH3 is 1. The van der Waals surface area contributed by atoms with Crippen molar-refractivity contribution < 1.29 is 4.74 Å². The van der Waals surface area contributed by atoms with Crippen LogP contribution in [0.4, 0.5) is 0 Å². The van der Waals surface area contributed by atoms with Crippen LogP contribution in [0.2, 0.25) is 0 Å². The van der Waals surface area contributed by atoms with Gasteiger partial charge in [-0.2, -0.15) is 0 Å². The van der Waals surface area contributed by atoms with Crippen molar-refractivity contribution in [1.82, 2.24) is 4.98 Å². The van der Waals surface area contributed by atoms with Gasteiger partial charge in [-0.05, 0) is 38.0 Å². The second-order valence-electron chi connectivity index (χ2n) is 4.02. The number of benzene rings is 1. The Morgan fingerprint density at radius 3 is 2.80 bits per heavy atom. The molecule has 2 rings (SSSR count). The van der Waals surface area contributed by atoms with Gasteiger partial charge in [0.05, 0.1) is 6.61 Å². The van der Waals surface area contributed by atoms with E-state index in [9.17, 15) is 0 Å². The fourth-order valence-corrected chi connectivity index (χ4v) is 2.02. The molecule has 1 aromatic heterocycles. The minimum absolute atomic E-state index is 0.779. The Kier molecular flexibility index (Phi) is 2.78. The topological polar surface area (TPSA) is 25.0 Å². The number of aromatic nitrogens is 1. The maximum absolute atomic E-state index is 5.14. The molecular formula is C13H17NO. The zero-order chi connectivity index (χ0) is 10.8. The number of hydrogen-bond acceptors (Lipinski definition) is 1. The van der Waals surface area contributed by atoms with E-state index in [0.29, 0.717) is 0 Å². The Labute approximate surface area is 90.3 Å². The Morgan fingerprint density at radius 1 is 1.27 bits per heavy atom. The molecule has 1 heterocycles. The van der Waals surface area contributed by atoms with Gasteiger partial charge >= 0.3 is 0 Å². The smallest absolute Gasteiger partial charge is 0.0503 e. The molecule has 0 saturated heterocycles. The van der Waals surface area contributed by atoms with Gasteiger partial charge in [0, 0.05) is 23.7 Å². The van der Waals surface area contributed by atoms with Crippen LogP contribution in [0.15, 0.2) is 18.2 Å². The van der Waals surface area contributed by atoms with Gasteiger partial charge < -0.3 is 9.72 Å². The summed E-state index contributed by atoms with van der Waals surface area (Å²) in [6.45, 7) is 5.03. The normalized spacial score (nSPS) is 11.1. The average Bonchev–Trinajstić information content (AvgIpc) is 2.51. The van der Waals surface area contributed by atoms with Crippen LogP contribution in [0.1, 0.15) is 16.8 Å². The maximum Gasteiger partial charge on any atom is 0.0503 e. The molecule has 80 valence electrons. The molecular weight excluding hydrogens is 186 g/mol. The molecule has 2 nitrogen and oxygen atoms in total. The first-order valence-electron chi connectivity index (χ1n) is 5.29. The van der Waals surface area contributed by atoms with Crippen LogP contribution < -0.4 is 0 Å². The Balaban J connectivity index is 2.50. The number of nitrogens with one attached hydrogen (secondary N) is 1. The second kappa shape index (κ2) is 4.07. The summed E-state index contributed by atoms with van der Waals surface area (Å²) in [6, 6.07) is 6.52. The van der Waals surface area contributed by atoms with E-state index in [4.69, 9.17) is 4.74 Å². The van der Waals surface area contributed by atoms with Crippen molar-refractivity contribution >= 4 is 10.9 Å². The lowest BCUT2D eigenvalue weighted by molar-refractivity contribution is 0.202. The van der Waals surface area contributed by atoms with E-state index >= 15 is 0 Å². The molecule has 2 heteroatoms. The van der Waals surface area contributed by atoms with Gasteiger partial charge in [-0.15, -0.1) is 0 Å². The van der Waals surface area contributed by atoms with Crippen LogP contribution in [0.3, 0.4) is 0 Å². The number of aryl methyl sites for hydroxylation is 2. The van der Waals surface area contributed by atoms with Crippen molar-refractivity contribution in [3.63, 3.8) is 0 Å². The number of rotatable bonds is 3. The molecule has 0 saturated carbocycles. The standard InChI is InChI=1S/C13H17NO/c1-9-4-5-13-12(8-9)11(6-7-15-3)10(2)14-13/h4-5,8,14H,6-7H2,1-3H3. The van der Waals surface area contributed by atoms with Crippen molar-refractivity contribution in [1.29, 1.82) is 0 Å². The Morgan fingerprint density at radius 2 is 2.07 bits per heavy atom. The second-order valence-corrected chi connectivity index (χ2v) is 4.02. The molecule has 0 radical (unpaired) electrons. The lowest BCUT2D eigenvalue weighted by atomic mass is 10.1. The molecule has 1 N–H and O–H groups in total. The highest BCUT2D eigenvalue weighted by molar-refractivity contribution is 5.85. The summed E-state index contributed by atoms with van der Waals surface area (Å²) in [5, 5.41) is 1.34. The highest BCUT2D eigenvalue weighted by atomic mass is 16.5. The zero-order valence-corrected chi connectivity index (χ0v) is 9.55. The first-order valence-corrected chi connectivity index (χ1v) is 5.29. The van der Waals surface area contributed by atoms with Crippen LogP contribution in [-0.4, -0.2) is 18.7 Å². The van der Waals surface area contributed by atoms with Gasteiger partial charge in [0.25, 0.3) is 0 Å². The predicted molar refractivity (Wildman–Crippen MR) is 63.4 cm³/mol. The van der Waals surface area contributed by atoms with Crippen LogP contribution >= 0.6 is 0 Å². The lowest BCUT2D eigenvalue weighted by Crippen LogP contribution is -1.95. The van der Waals surface area contributed by atoms with Crippen LogP contribution in [0, 0.1) is 13.8 Å². The summed E-state index contributed by atoms with van der Waals surface area (Å²) >= 11 is 0. The molecule has 0 spiro atoms. The largest absolute Gasteiger partial charge is 0.384 e. The summed E-state index contributed by atoms with van der Waals surface area (Å²) in [7, 11) is 1.75. The van der Waals surface area contributed by atoms with Crippen LogP contribution in [0.25, 0.3) is 10.9 Å². The summed E-state index contributed by atoms with van der Waals surface area (Å²) in [6.07, 6.45) is 0.978. The fourth-order valence-electron chi connectivity index (χ4n) is 2.02. The summed E-state index contributed by atoms with van der Waals surface area (Å²) in [5.41, 5.74) is 5.17. The van der Waals surface area contributed by atoms with Crippen LogP contribution in [-0.2, 0) is 11.2 Å². The minimum atomic E-state index is 0.779.